The van der Waals surface area contributed by atoms with Crippen LogP contribution in [0.15, 0.2) is 115 Å². The minimum Gasteiger partial charge on any atom is -0.364 e. The van der Waals surface area contributed by atoms with Gasteiger partial charge in [0.25, 0.3) is 0 Å². The predicted octanol–water partition coefficient (Wildman–Crippen LogP) is 10.2. The van der Waals surface area contributed by atoms with Crippen molar-refractivity contribution in [2.24, 2.45) is 0 Å². The number of hydrogen-bond acceptors (Lipinski definition) is 1. The molecule has 0 aromatic heterocycles. The monoisotopic (exact) mass is 517 g/mol. The lowest BCUT2D eigenvalue weighted by molar-refractivity contribution is 0.212. The van der Waals surface area contributed by atoms with E-state index in [4.69, 9.17) is 0 Å². The molecule has 0 fully saturated rings. The second kappa shape index (κ2) is 14.0. The first-order valence-electron chi connectivity index (χ1n) is 14.6. The molecule has 2 unspecified atom stereocenters. The normalized spacial score (nSPS) is 15.5. The van der Waals surface area contributed by atoms with Crippen LogP contribution in [-0.4, -0.2) is 17.5 Å². The smallest absolute Gasteiger partial charge is 0.0447 e. The molecule has 1 aliphatic heterocycles. The van der Waals surface area contributed by atoms with E-state index in [-0.39, 0.29) is 5.41 Å². The lowest BCUT2D eigenvalue weighted by atomic mass is 9.71. The number of hydrogen-bond donors (Lipinski definition) is 0. The van der Waals surface area contributed by atoms with Crippen molar-refractivity contribution in [1.82, 2.24) is 4.90 Å². The van der Waals surface area contributed by atoms with Crippen LogP contribution in [0.4, 0.5) is 0 Å². The highest BCUT2D eigenvalue weighted by Crippen LogP contribution is 2.40. The van der Waals surface area contributed by atoms with Gasteiger partial charge in [-0.1, -0.05) is 131 Å². The Kier molecular flexibility index (Phi) is 10.8. The van der Waals surface area contributed by atoms with E-state index in [1.54, 1.807) is 0 Å². The topological polar surface area (TPSA) is 3.24 Å². The van der Waals surface area contributed by atoms with E-state index in [0.29, 0.717) is 6.04 Å². The van der Waals surface area contributed by atoms with E-state index in [1.165, 1.54) is 39.1 Å². The summed E-state index contributed by atoms with van der Waals surface area (Å²) in [5.74, 6) is 0. The average Bonchev–Trinajstić information content (AvgIpc) is 3.00. The molecule has 204 valence electrons. The van der Waals surface area contributed by atoms with Gasteiger partial charge in [0.1, 0.15) is 0 Å². The van der Waals surface area contributed by atoms with Gasteiger partial charge in [0.15, 0.2) is 0 Å². The Morgan fingerprint density at radius 3 is 2.31 bits per heavy atom. The minimum atomic E-state index is -0.0122. The summed E-state index contributed by atoms with van der Waals surface area (Å²) in [6, 6.07) is 28.6. The quantitative estimate of drug-likeness (QED) is 0.255. The molecule has 1 aliphatic rings. The Bertz CT molecular complexity index is 1320. The van der Waals surface area contributed by atoms with E-state index in [0.717, 1.165) is 25.0 Å². The van der Waals surface area contributed by atoms with Gasteiger partial charge in [-0.25, -0.2) is 0 Å². The minimum absolute atomic E-state index is 0.0122. The summed E-state index contributed by atoms with van der Waals surface area (Å²) in [4.78, 5) is 2.60. The van der Waals surface area contributed by atoms with Crippen LogP contribution in [0, 0.1) is 6.92 Å². The maximum absolute atomic E-state index is 4.37. The molecule has 4 rings (SSSR count). The lowest BCUT2D eigenvalue weighted by Gasteiger charge is -2.46. The molecule has 3 aromatic carbocycles. The molecule has 0 bridgehead atoms. The van der Waals surface area contributed by atoms with Gasteiger partial charge >= 0.3 is 0 Å². The summed E-state index contributed by atoms with van der Waals surface area (Å²) in [5, 5.41) is 0. The van der Waals surface area contributed by atoms with Crippen molar-refractivity contribution in [2.75, 3.05) is 6.54 Å². The molecular weight excluding hydrogens is 470 g/mol. The molecule has 0 saturated carbocycles. The standard InChI is InChI=1S/C36H41N.C2H6/c1-7-36(6,30(5)37-26-16-15-23-35(37)33-21-13-11-17-28(33)3)34-22-14-12-20-32(34)25-24-27(2)29(4)31-18-9-8-10-19-31;1-2/h8-24,30H,4,7,25-26H2,1-3,5-6H3;1-2H3/b27-24-;. The zero-order valence-corrected chi connectivity index (χ0v) is 25.2. The summed E-state index contributed by atoms with van der Waals surface area (Å²) in [7, 11) is 0. The zero-order chi connectivity index (χ0) is 28.4. The number of benzene rings is 3. The van der Waals surface area contributed by atoms with Crippen molar-refractivity contribution in [3.05, 3.63) is 143 Å². The van der Waals surface area contributed by atoms with Crippen molar-refractivity contribution in [2.45, 2.75) is 72.8 Å². The van der Waals surface area contributed by atoms with Crippen LogP contribution in [0.1, 0.15) is 75.8 Å². The molecule has 2 atom stereocenters. The van der Waals surface area contributed by atoms with E-state index < -0.39 is 0 Å². The Balaban J connectivity index is 0.00000205. The van der Waals surface area contributed by atoms with Gasteiger partial charge < -0.3 is 4.90 Å². The van der Waals surface area contributed by atoms with Gasteiger partial charge in [0, 0.05) is 29.3 Å². The third kappa shape index (κ3) is 6.71. The fourth-order valence-electron chi connectivity index (χ4n) is 5.56. The predicted molar refractivity (Wildman–Crippen MR) is 173 cm³/mol. The average molecular weight is 518 g/mol. The molecule has 3 aromatic rings. The van der Waals surface area contributed by atoms with E-state index in [2.05, 4.69) is 149 Å². The summed E-state index contributed by atoms with van der Waals surface area (Å²) >= 11 is 0. The van der Waals surface area contributed by atoms with Crippen molar-refractivity contribution < 1.29 is 0 Å². The van der Waals surface area contributed by atoms with Crippen LogP contribution in [-0.2, 0) is 11.8 Å². The molecule has 0 N–H and O–H groups in total. The Labute approximate surface area is 238 Å². The molecule has 0 saturated heterocycles. The third-order valence-corrected chi connectivity index (χ3v) is 8.41. The Morgan fingerprint density at radius 2 is 1.62 bits per heavy atom. The molecule has 0 radical (unpaired) electrons. The van der Waals surface area contributed by atoms with Gasteiger partial charge in [-0.15, -0.1) is 0 Å². The summed E-state index contributed by atoms with van der Waals surface area (Å²) in [6.07, 6.45) is 11.1. The van der Waals surface area contributed by atoms with E-state index in [9.17, 15) is 0 Å². The van der Waals surface area contributed by atoms with Crippen molar-refractivity contribution in [3.8, 4) is 0 Å². The van der Waals surface area contributed by atoms with Crippen LogP contribution in [0.25, 0.3) is 11.3 Å². The highest BCUT2D eigenvalue weighted by Gasteiger charge is 2.37. The summed E-state index contributed by atoms with van der Waals surface area (Å²) in [6.45, 7) is 20.9. The van der Waals surface area contributed by atoms with Gasteiger partial charge in [0.2, 0.25) is 0 Å². The van der Waals surface area contributed by atoms with Crippen molar-refractivity contribution in [3.63, 3.8) is 0 Å². The molecule has 1 heterocycles. The molecular formula is C38H47N. The fraction of sp³-hybridized carbons (Fsp3) is 0.316. The van der Waals surface area contributed by atoms with Gasteiger partial charge in [-0.2, -0.15) is 0 Å². The van der Waals surface area contributed by atoms with E-state index in [1.807, 2.05) is 13.8 Å². The summed E-state index contributed by atoms with van der Waals surface area (Å²) in [5.41, 5.74) is 10.3. The highest BCUT2D eigenvalue weighted by atomic mass is 15.2. The Hall–Kier alpha value is -3.58. The maximum Gasteiger partial charge on any atom is 0.0447 e. The first-order chi connectivity index (χ1) is 18.9. The van der Waals surface area contributed by atoms with Crippen molar-refractivity contribution in [1.29, 1.82) is 0 Å². The number of aryl methyl sites for hydroxylation is 1. The fourth-order valence-corrected chi connectivity index (χ4v) is 5.56. The number of nitrogens with zero attached hydrogens (tertiary/aromatic N) is 1. The van der Waals surface area contributed by atoms with Crippen LogP contribution < -0.4 is 0 Å². The van der Waals surface area contributed by atoms with Crippen molar-refractivity contribution >= 4 is 11.3 Å². The second-order valence-corrected chi connectivity index (χ2v) is 10.5. The molecule has 0 spiro atoms. The molecule has 1 heteroatoms. The SMILES string of the molecule is C=C(/C(C)=C\Cc1ccccc1C(C)(CC)C(C)N1CC=CC=C1c1ccccc1C)c1ccccc1.CC. The zero-order valence-electron chi connectivity index (χ0n) is 25.2. The Morgan fingerprint density at radius 1 is 0.974 bits per heavy atom. The lowest BCUT2D eigenvalue weighted by Crippen LogP contribution is -2.47. The summed E-state index contributed by atoms with van der Waals surface area (Å²) < 4.78 is 0. The van der Waals surface area contributed by atoms with Crippen LogP contribution >= 0.6 is 0 Å². The molecule has 0 amide bonds. The van der Waals surface area contributed by atoms with Gasteiger partial charge in [-0.3, -0.25) is 0 Å². The highest BCUT2D eigenvalue weighted by molar-refractivity contribution is 5.76. The molecule has 1 nitrogen and oxygen atoms in total. The molecule has 39 heavy (non-hydrogen) atoms. The van der Waals surface area contributed by atoms with Crippen LogP contribution in [0.3, 0.4) is 0 Å². The third-order valence-electron chi connectivity index (χ3n) is 8.41. The van der Waals surface area contributed by atoms with Crippen LogP contribution in [0.5, 0.6) is 0 Å². The van der Waals surface area contributed by atoms with E-state index >= 15 is 0 Å². The van der Waals surface area contributed by atoms with Gasteiger partial charge in [0.05, 0.1) is 0 Å². The van der Waals surface area contributed by atoms with Gasteiger partial charge in [-0.05, 0) is 73.1 Å². The first kappa shape index (κ1) is 30.0. The molecule has 0 aliphatic carbocycles. The second-order valence-electron chi connectivity index (χ2n) is 10.5. The van der Waals surface area contributed by atoms with Crippen LogP contribution in [0.2, 0.25) is 0 Å². The number of rotatable bonds is 9. The largest absolute Gasteiger partial charge is 0.364 e. The number of allylic oxidation sites excluding steroid dienone is 5. The first-order valence-corrected chi connectivity index (χ1v) is 14.6. The maximum atomic E-state index is 4.37.